The van der Waals surface area contributed by atoms with Gasteiger partial charge in [0.25, 0.3) is 5.91 Å². The van der Waals surface area contributed by atoms with Gasteiger partial charge in [0.05, 0.1) is 0 Å². The van der Waals surface area contributed by atoms with Crippen molar-refractivity contribution in [1.29, 1.82) is 0 Å². The van der Waals surface area contributed by atoms with Crippen molar-refractivity contribution in [2.24, 2.45) is 0 Å². The molecule has 0 fully saturated rings. The molecule has 1 amide bonds. The zero-order chi connectivity index (χ0) is 19.4. The van der Waals surface area contributed by atoms with Crippen LogP contribution in [0.3, 0.4) is 0 Å². The molecule has 3 rings (SSSR count). The van der Waals surface area contributed by atoms with E-state index in [1.165, 1.54) is 24.3 Å². The van der Waals surface area contributed by atoms with E-state index in [2.05, 4.69) is 5.32 Å². The van der Waals surface area contributed by atoms with E-state index in [1.54, 1.807) is 30.4 Å². The van der Waals surface area contributed by atoms with E-state index in [1.807, 2.05) is 29.8 Å². The first-order valence-electron chi connectivity index (χ1n) is 8.26. The predicted molar refractivity (Wildman–Crippen MR) is 106 cm³/mol. The molecular formula is C20H19NO4S2. The monoisotopic (exact) mass is 401 g/mol. The van der Waals surface area contributed by atoms with Crippen molar-refractivity contribution in [3.63, 3.8) is 0 Å². The summed E-state index contributed by atoms with van der Waals surface area (Å²) in [6.07, 6.45) is 0. The molecule has 0 aliphatic rings. The van der Waals surface area contributed by atoms with E-state index in [9.17, 15) is 13.2 Å². The minimum absolute atomic E-state index is 0.139. The molecule has 0 bridgehead atoms. The highest BCUT2D eigenvalue weighted by molar-refractivity contribution is 7.87. The summed E-state index contributed by atoms with van der Waals surface area (Å²) in [7, 11) is -3.94. The van der Waals surface area contributed by atoms with Crippen LogP contribution in [-0.4, -0.2) is 14.3 Å². The number of hydrogen-bond donors (Lipinski definition) is 1. The third kappa shape index (κ3) is 4.75. The minimum atomic E-state index is -3.94. The second-order valence-electron chi connectivity index (χ2n) is 6.15. The minimum Gasteiger partial charge on any atom is -0.379 e. The van der Waals surface area contributed by atoms with Gasteiger partial charge in [-0.3, -0.25) is 4.79 Å². The first kappa shape index (κ1) is 19.1. The molecule has 1 heterocycles. The maximum absolute atomic E-state index is 12.5. The van der Waals surface area contributed by atoms with Gasteiger partial charge in [-0.25, -0.2) is 0 Å². The molecule has 1 aromatic heterocycles. The molecule has 0 radical (unpaired) electrons. The van der Waals surface area contributed by atoms with Gasteiger partial charge in [0, 0.05) is 12.1 Å². The lowest BCUT2D eigenvalue weighted by Crippen LogP contribution is -2.22. The van der Waals surface area contributed by atoms with Gasteiger partial charge in [-0.05, 0) is 77.7 Å². The average molecular weight is 402 g/mol. The van der Waals surface area contributed by atoms with Crippen LogP contribution in [0.25, 0.3) is 0 Å². The molecule has 0 saturated heterocycles. The normalized spacial score (nSPS) is 11.2. The molecule has 140 valence electrons. The first-order valence-corrected chi connectivity index (χ1v) is 10.6. The van der Waals surface area contributed by atoms with Gasteiger partial charge >= 0.3 is 10.1 Å². The molecule has 7 heteroatoms. The van der Waals surface area contributed by atoms with E-state index < -0.39 is 10.1 Å². The molecule has 27 heavy (non-hydrogen) atoms. The number of carbonyl (C=O) groups is 1. The molecule has 5 nitrogen and oxygen atoms in total. The highest BCUT2D eigenvalue weighted by atomic mass is 32.2. The predicted octanol–water partition coefficient (Wildman–Crippen LogP) is 4.06. The zero-order valence-corrected chi connectivity index (χ0v) is 16.6. The van der Waals surface area contributed by atoms with Crippen LogP contribution in [0.1, 0.15) is 27.0 Å². The number of aryl methyl sites for hydroxylation is 2. The Hall–Kier alpha value is -2.64. The lowest BCUT2D eigenvalue weighted by Gasteiger charge is -2.10. The molecule has 0 saturated carbocycles. The van der Waals surface area contributed by atoms with E-state index >= 15 is 0 Å². The standard InChI is InChI=1S/C20H19NO4S2/c1-14-3-4-15(2)19(11-14)27(23,24)25-18-7-5-17(6-8-18)20(22)21-12-16-9-10-26-13-16/h3-11,13H,12H2,1-2H3,(H,21,22). The van der Waals surface area contributed by atoms with Crippen LogP contribution < -0.4 is 9.50 Å². The summed E-state index contributed by atoms with van der Waals surface area (Å²) in [5.74, 6) is -0.0737. The molecule has 0 aliphatic carbocycles. The first-order chi connectivity index (χ1) is 12.8. The van der Waals surface area contributed by atoms with E-state index in [-0.39, 0.29) is 16.6 Å². The highest BCUT2D eigenvalue weighted by Crippen LogP contribution is 2.22. The molecule has 3 aromatic rings. The molecule has 0 aliphatic heterocycles. The number of rotatable bonds is 6. The Kier molecular flexibility index (Phi) is 5.62. The molecule has 0 spiro atoms. The maximum Gasteiger partial charge on any atom is 0.339 e. The summed E-state index contributed by atoms with van der Waals surface area (Å²) in [5.41, 5.74) is 2.92. The van der Waals surface area contributed by atoms with Crippen LogP contribution in [0.2, 0.25) is 0 Å². The average Bonchev–Trinajstić information content (AvgIpc) is 3.15. The lowest BCUT2D eigenvalue weighted by atomic mass is 10.2. The molecular weight excluding hydrogens is 382 g/mol. The fourth-order valence-electron chi connectivity index (χ4n) is 2.49. The van der Waals surface area contributed by atoms with Crippen molar-refractivity contribution in [1.82, 2.24) is 5.32 Å². The smallest absolute Gasteiger partial charge is 0.339 e. The summed E-state index contributed by atoms with van der Waals surface area (Å²) in [4.78, 5) is 12.3. The maximum atomic E-state index is 12.5. The Morgan fingerprint density at radius 3 is 2.48 bits per heavy atom. The van der Waals surface area contributed by atoms with Crippen molar-refractivity contribution < 1.29 is 17.4 Å². The number of hydrogen-bond acceptors (Lipinski definition) is 5. The summed E-state index contributed by atoms with van der Waals surface area (Å²) in [5, 5.41) is 6.73. The lowest BCUT2D eigenvalue weighted by molar-refractivity contribution is 0.0951. The van der Waals surface area contributed by atoms with Crippen molar-refractivity contribution in [2.45, 2.75) is 25.3 Å². The number of amides is 1. The highest BCUT2D eigenvalue weighted by Gasteiger charge is 2.19. The van der Waals surface area contributed by atoms with Crippen molar-refractivity contribution >= 4 is 27.4 Å². The van der Waals surface area contributed by atoms with E-state index in [4.69, 9.17) is 4.18 Å². The quantitative estimate of drug-likeness (QED) is 0.632. The van der Waals surface area contributed by atoms with Crippen LogP contribution in [0.4, 0.5) is 0 Å². The SMILES string of the molecule is Cc1ccc(C)c(S(=O)(=O)Oc2ccc(C(=O)NCc3ccsc3)cc2)c1. The largest absolute Gasteiger partial charge is 0.379 e. The zero-order valence-electron chi connectivity index (χ0n) is 14.9. The van der Waals surface area contributed by atoms with Gasteiger partial charge < -0.3 is 9.50 Å². The fraction of sp³-hybridized carbons (Fsp3) is 0.150. The van der Waals surface area contributed by atoms with Gasteiger partial charge in [0.1, 0.15) is 10.6 Å². The number of nitrogens with one attached hydrogen (secondary N) is 1. The van der Waals surface area contributed by atoms with Gasteiger partial charge in [-0.15, -0.1) is 0 Å². The van der Waals surface area contributed by atoms with Crippen LogP contribution >= 0.6 is 11.3 Å². The molecule has 0 unspecified atom stereocenters. The topological polar surface area (TPSA) is 72.5 Å². The third-order valence-electron chi connectivity index (χ3n) is 3.97. The van der Waals surface area contributed by atoms with Gasteiger partial charge in [-0.1, -0.05) is 12.1 Å². The Bertz CT molecular complexity index is 1040. The van der Waals surface area contributed by atoms with Crippen molar-refractivity contribution in [3.8, 4) is 5.75 Å². The van der Waals surface area contributed by atoms with Crippen LogP contribution in [0.15, 0.2) is 64.2 Å². The second-order valence-corrected chi connectivity index (χ2v) is 8.44. The molecule has 1 N–H and O–H groups in total. The van der Waals surface area contributed by atoms with Gasteiger partial charge in [-0.2, -0.15) is 19.8 Å². The number of benzene rings is 2. The van der Waals surface area contributed by atoms with Crippen LogP contribution in [-0.2, 0) is 16.7 Å². The fourth-order valence-corrected chi connectivity index (χ4v) is 4.40. The Labute approximate surface area is 162 Å². The van der Waals surface area contributed by atoms with Gasteiger partial charge in [0.2, 0.25) is 0 Å². The third-order valence-corrected chi connectivity index (χ3v) is 6.09. The van der Waals surface area contributed by atoms with Crippen LogP contribution in [0.5, 0.6) is 5.75 Å². The summed E-state index contributed by atoms with van der Waals surface area (Å²) in [6, 6.07) is 13.1. The summed E-state index contributed by atoms with van der Waals surface area (Å²) in [6.45, 7) is 3.99. The number of carbonyl (C=O) groups excluding carboxylic acids is 1. The van der Waals surface area contributed by atoms with Crippen molar-refractivity contribution in [2.75, 3.05) is 0 Å². The number of thiophene rings is 1. The van der Waals surface area contributed by atoms with E-state index in [0.29, 0.717) is 17.7 Å². The van der Waals surface area contributed by atoms with E-state index in [0.717, 1.165) is 11.1 Å². The van der Waals surface area contributed by atoms with Crippen LogP contribution in [0, 0.1) is 13.8 Å². The molecule has 2 aromatic carbocycles. The molecule has 0 atom stereocenters. The van der Waals surface area contributed by atoms with Crippen molar-refractivity contribution in [3.05, 3.63) is 81.5 Å². The Morgan fingerprint density at radius 2 is 1.81 bits per heavy atom. The second kappa shape index (κ2) is 7.94. The Morgan fingerprint density at radius 1 is 1.07 bits per heavy atom. The Balaban J connectivity index is 1.69. The summed E-state index contributed by atoms with van der Waals surface area (Å²) < 4.78 is 30.3. The van der Waals surface area contributed by atoms with Gasteiger partial charge in [0.15, 0.2) is 0 Å². The summed E-state index contributed by atoms with van der Waals surface area (Å²) >= 11 is 1.57.